The topological polar surface area (TPSA) is 131 Å². The summed E-state index contributed by atoms with van der Waals surface area (Å²) in [7, 11) is 0. The molecule has 0 aromatic heterocycles. The second-order valence-electron chi connectivity index (χ2n) is 8.56. The molecule has 1 heterocycles. The number of rotatable bonds is 7. The summed E-state index contributed by atoms with van der Waals surface area (Å²) in [6.45, 7) is -0.541. The van der Waals surface area contributed by atoms with Crippen molar-refractivity contribution in [2.75, 3.05) is 11.9 Å². The van der Waals surface area contributed by atoms with Crippen LogP contribution in [0.3, 0.4) is 0 Å². The molecule has 10 nitrogen and oxygen atoms in total. The quantitative estimate of drug-likeness (QED) is 0.214. The summed E-state index contributed by atoms with van der Waals surface area (Å²) in [5.41, 5.74) is 0.0660. The number of carbonyl (C=O) groups is 3. The number of benzene rings is 2. The molecular formula is C24H19FN4O6. The number of nitro groups is 1. The van der Waals surface area contributed by atoms with Crippen molar-refractivity contribution in [2.45, 2.75) is 6.42 Å². The summed E-state index contributed by atoms with van der Waals surface area (Å²) in [6.07, 6.45) is 5.97. The highest BCUT2D eigenvalue weighted by Crippen LogP contribution is 2.52. The van der Waals surface area contributed by atoms with E-state index in [0.717, 1.165) is 17.5 Å². The molecule has 4 atom stereocenters. The molecular weight excluding hydrogens is 459 g/mol. The van der Waals surface area contributed by atoms with Crippen LogP contribution in [-0.4, -0.2) is 40.5 Å². The van der Waals surface area contributed by atoms with Crippen LogP contribution in [0.25, 0.3) is 0 Å². The first kappa shape index (κ1) is 22.4. The van der Waals surface area contributed by atoms with E-state index in [4.69, 9.17) is 4.74 Å². The Kier molecular flexibility index (Phi) is 5.59. The Morgan fingerprint density at radius 2 is 1.89 bits per heavy atom. The largest absolute Gasteiger partial charge is 0.477 e. The van der Waals surface area contributed by atoms with E-state index in [-0.39, 0.29) is 40.7 Å². The van der Waals surface area contributed by atoms with Crippen molar-refractivity contribution in [1.82, 2.24) is 5.01 Å². The molecule has 2 aliphatic carbocycles. The van der Waals surface area contributed by atoms with Crippen molar-refractivity contribution in [1.29, 1.82) is 0 Å². The molecule has 5 rings (SSSR count). The number of hydrogen-bond acceptors (Lipinski definition) is 7. The zero-order valence-corrected chi connectivity index (χ0v) is 18.2. The predicted octanol–water partition coefficient (Wildman–Crippen LogP) is 2.89. The number of anilines is 1. The maximum atomic E-state index is 13.2. The molecule has 4 unspecified atom stereocenters. The molecule has 178 valence electrons. The van der Waals surface area contributed by atoms with E-state index in [0.29, 0.717) is 0 Å². The number of hydrazone groups is 1. The van der Waals surface area contributed by atoms with Crippen LogP contribution in [-0.2, 0) is 14.4 Å². The van der Waals surface area contributed by atoms with E-state index in [1.54, 1.807) is 0 Å². The number of imide groups is 1. The van der Waals surface area contributed by atoms with Crippen LogP contribution >= 0.6 is 0 Å². The third-order valence-electron chi connectivity index (χ3n) is 6.42. The van der Waals surface area contributed by atoms with E-state index in [2.05, 4.69) is 10.4 Å². The highest BCUT2D eigenvalue weighted by molar-refractivity contribution is 6.06. The van der Waals surface area contributed by atoms with Gasteiger partial charge in [0.1, 0.15) is 5.82 Å². The molecule has 1 aliphatic heterocycles. The third-order valence-corrected chi connectivity index (χ3v) is 6.42. The standard InChI is InChI=1S/C24H19FN4O6/c25-16-2-1-3-17(10-16)27-20(30)12-35-19-7-4-13(8-18(19)29(33)34)11-26-28-23(31)21-14-5-6-15(9-14)22(21)24(28)32/h1-8,10-11,14-15,21-22H,9,12H2,(H,27,30). The molecule has 2 aromatic rings. The lowest BCUT2D eigenvalue weighted by Gasteiger charge is -2.13. The normalized spacial score (nSPS) is 24.3. The number of nitro benzene ring substituents is 1. The van der Waals surface area contributed by atoms with E-state index in [1.165, 1.54) is 42.6 Å². The first-order valence-corrected chi connectivity index (χ1v) is 10.9. The SMILES string of the molecule is O=C(COc1ccc(C=NN2C(=O)C3C4C=CC(C4)C3C2=O)cc1[N+](=O)[O-])Nc1cccc(F)c1. The van der Waals surface area contributed by atoms with Crippen molar-refractivity contribution in [3.63, 3.8) is 0 Å². The molecule has 0 spiro atoms. The number of amides is 3. The van der Waals surface area contributed by atoms with E-state index in [9.17, 15) is 28.9 Å². The van der Waals surface area contributed by atoms with Gasteiger partial charge in [-0.1, -0.05) is 18.2 Å². The second kappa shape index (κ2) is 8.75. The summed E-state index contributed by atoms with van der Waals surface area (Å²) < 4.78 is 18.5. The van der Waals surface area contributed by atoms with Crippen molar-refractivity contribution in [2.24, 2.45) is 28.8 Å². The molecule has 2 bridgehead atoms. The average Bonchev–Trinajstić information content (AvgIpc) is 3.51. The second-order valence-corrected chi connectivity index (χ2v) is 8.56. The van der Waals surface area contributed by atoms with Crippen LogP contribution in [0.4, 0.5) is 15.8 Å². The molecule has 35 heavy (non-hydrogen) atoms. The smallest absolute Gasteiger partial charge is 0.311 e. The van der Waals surface area contributed by atoms with Gasteiger partial charge in [0.15, 0.2) is 12.4 Å². The van der Waals surface area contributed by atoms with E-state index >= 15 is 0 Å². The van der Waals surface area contributed by atoms with Gasteiger partial charge in [-0.2, -0.15) is 10.1 Å². The van der Waals surface area contributed by atoms with Gasteiger partial charge in [-0.3, -0.25) is 24.5 Å². The number of nitrogens with one attached hydrogen (secondary N) is 1. The fourth-order valence-corrected chi connectivity index (χ4v) is 4.91. The molecule has 1 saturated heterocycles. The highest BCUT2D eigenvalue weighted by atomic mass is 19.1. The first-order chi connectivity index (χ1) is 16.8. The maximum Gasteiger partial charge on any atom is 0.311 e. The molecule has 3 aliphatic rings. The van der Waals surface area contributed by atoms with Crippen LogP contribution in [0, 0.1) is 39.6 Å². The van der Waals surface area contributed by atoms with Crippen LogP contribution in [0.15, 0.2) is 59.7 Å². The van der Waals surface area contributed by atoms with Crippen LogP contribution in [0.1, 0.15) is 12.0 Å². The van der Waals surface area contributed by atoms with Gasteiger partial charge in [0.2, 0.25) is 0 Å². The number of fused-ring (bicyclic) bond motifs is 5. The minimum atomic E-state index is -0.683. The van der Waals surface area contributed by atoms with Crippen molar-refractivity contribution in [3.8, 4) is 5.75 Å². The van der Waals surface area contributed by atoms with Crippen LogP contribution < -0.4 is 10.1 Å². The number of ether oxygens (including phenoxy) is 1. The molecule has 11 heteroatoms. The van der Waals surface area contributed by atoms with E-state index < -0.39 is 40.8 Å². The molecule has 2 aromatic carbocycles. The summed E-state index contributed by atoms with van der Waals surface area (Å²) in [5, 5.41) is 18.8. The first-order valence-electron chi connectivity index (χ1n) is 10.9. The Bertz CT molecular complexity index is 1280. The number of halogens is 1. The summed E-state index contributed by atoms with van der Waals surface area (Å²) in [4.78, 5) is 48.3. The van der Waals surface area contributed by atoms with Gasteiger partial charge < -0.3 is 10.1 Å². The molecule has 1 saturated carbocycles. The minimum absolute atomic E-state index is 0.0530. The zero-order chi connectivity index (χ0) is 24.7. The van der Waals surface area contributed by atoms with Crippen molar-refractivity contribution < 1.29 is 28.4 Å². The van der Waals surface area contributed by atoms with Gasteiger partial charge in [0.25, 0.3) is 17.7 Å². The third kappa shape index (κ3) is 4.16. The molecule has 3 amide bonds. The fourth-order valence-electron chi connectivity index (χ4n) is 4.91. The Morgan fingerprint density at radius 3 is 2.54 bits per heavy atom. The minimum Gasteiger partial charge on any atom is -0.477 e. The number of carbonyl (C=O) groups excluding carboxylic acids is 3. The Hall–Kier alpha value is -4.41. The predicted molar refractivity (Wildman–Crippen MR) is 121 cm³/mol. The Labute approximate surface area is 198 Å². The monoisotopic (exact) mass is 478 g/mol. The van der Waals surface area contributed by atoms with Gasteiger partial charge in [0, 0.05) is 17.3 Å². The Balaban J connectivity index is 1.26. The van der Waals surface area contributed by atoms with E-state index in [1.807, 2.05) is 12.2 Å². The summed E-state index contributed by atoms with van der Waals surface area (Å²) >= 11 is 0. The lowest BCUT2D eigenvalue weighted by molar-refractivity contribution is -0.385. The summed E-state index contributed by atoms with van der Waals surface area (Å²) in [6, 6.07) is 9.17. The van der Waals surface area contributed by atoms with Gasteiger partial charge in [0.05, 0.1) is 23.0 Å². The zero-order valence-electron chi connectivity index (χ0n) is 18.2. The highest BCUT2D eigenvalue weighted by Gasteiger charge is 2.59. The molecule has 1 N–H and O–H groups in total. The molecule has 0 radical (unpaired) electrons. The van der Waals surface area contributed by atoms with Crippen LogP contribution in [0.2, 0.25) is 0 Å². The van der Waals surface area contributed by atoms with Gasteiger partial charge in [-0.25, -0.2) is 4.39 Å². The number of hydrogen-bond donors (Lipinski definition) is 1. The average molecular weight is 478 g/mol. The van der Waals surface area contributed by atoms with Crippen molar-refractivity contribution >= 4 is 35.3 Å². The van der Waals surface area contributed by atoms with Gasteiger partial charge in [-0.05, 0) is 48.6 Å². The number of allylic oxidation sites excluding steroid dienone is 2. The van der Waals surface area contributed by atoms with Gasteiger partial charge in [-0.15, -0.1) is 0 Å². The summed E-state index contributed by atoms with van der Waals surface area (Å²) in [5.74, 6) is -2.70. The van der Waals surface area contributed by atoms with Gasteiger partial charge >= 0.3 is 5.69 Å². The van der Waals surface area contributed by atoms with Crippen LogP contribution in [0.5, 0.6) is 5.75 Å². The lowest BCUT2D eigenvalue weighted by Crippen LogP contribution is -2.28. The number of nitrogens with zero attached hydrogens (tertiary/aromatic N) is 3. The molecule has 2 fully saturated rings. The lowest BCUT2D eigenvalue weighted by atomic mass is 9.85. The fraction of sp³-hybridized carbons (Fsp3) is 0.250. The Morgan fingerprint density at radius 1 is 1.17 bits per heavy atom. The maximum absolute atomic E-state index is 13.2. The van der Waals surface area contributed by atoms with Crippen molar-refractivity contribution in [3.05, 3.63) is 76.1 Å².